The number of nitrogens with zero attached hydrogens (tertiary/aromatic N) is 2. The second-order valence-electron chi connectivity index (χ2n) is 5.72. The van der Waals surface area contributed by atoms with Crippen LogP contribution in [0, 0.1) is 0 Å². The van der Waals surface area contributed by atoms with Gasteiger partial charge in [-0.05, 0) is 35.7 Å². The lowest BCUT2D eigenvalue weighted by molar-refractivity contribution is -0.447. The molecule has 0 heterocycles. The van der Waals surface area contributed by atoms with Crippen molar-refractivity contribution in [2.45, 2.75) is 9.79 Å². The molecule has 10 nitrogen and oxygen atoms in total. The summed E-state index contributed by atoms with van der Waals surface area (Å²) >= 11 is 0.678. The van der Waals surface area contributed by atoms with Crippen LogP contribution in [0.5, 0.6) is 5.75 Å². The highest BCUT2D eigenvalue weighted by molar-refractivity contribution is 7.94. The number of nitrogens with two attached hydrogens (primary N) is 1. The molecule has 0 aliphatic carbocycles. The summed E-state index contributed by atoms with van der Waals surface area (Å²) in [6, 6.07) is 12.9. The second kappa shape index (κ2) is 9.38. The van der Waals surface area contributed by atoms with Crippen molar-refractivity contribution >= 4 is 50.0 Å². The molecule has 0 bridgehead atoms. The standard InChI is InChI=1S/C18H17N3O7S2/c1-25-27-28-29-15-9-11-8-13(30(23,24)26-2)10-14(19)16(11)18(22)17(15)21-20-12-6-4-3-5-7-12/h3-10,22H,19H2,1-2H3. The molecule has 3 N–H and O–H groups in total. The number of phenolic OH excluding ortho intramolecular Hbond substituents is 1. The number of fused-ring (bicyclic) bond motifs is 1. The number of aromatic hydroxyl groups is 1. The number of rotatable bonds is 8. The average Bonchev–Trinajstić information content (AvgIpc) is 2.73. The van der Waals surface area contributed by atoms with E-state index < -0.39 is 10.1 Å². The first-order valence-electron chi connectivity index (χ1n) is 8.28. The number of phenols is 1. The van der Waals surface area contributed by atoms with Crippen LogP contribution in [0.4, 0.5) is 17.1 Å². The Kier molecular flexibility index (Phi) is 6.87. The quantitative estimate of drug-likeness (QED) is 0.0969. The van der Waals surface area contributed by atoms with E-state index in [2.05, 4.69) is 24.3 Å². The molecule has 30 heavy (non-hydrogen) atoms. The first kappa shape index (κ1) is 22.0. The molecule has 158 valence electrons. The summed E-state index contributed by atoms with van der Waals surface area (Å²) in [5.41, 5.74) is 6.64. The predicted molar refractivity (Wildman–Crippen MR) is 110 cm³/mol. The van der Waals surface area contributed by atoms with Gasteiger partial charge in [-0.15, -0.1) is 9.45 Å². The van der Waals surface area contributed by atoms with Crippen molar-refractivity contribution in [2.24, 2.45) is 10.2 Å². The van der Waals surface area contributed by atoms with E-state index in [0.29, 0.717) is 23.1 Å². The van der Waals surface area contributed by atoms with Crippen LogP contribution in [0.2, 0.25) is 0 Å². The smallest absolute Gasteiger partial charge is 0.296 e. The van der Waals surface area contributed by atoms with E-state index in [1.807, 2.05) is 6.07 Å². The Morgan fingerprint density at radius 2 is 1.80 bits per heavy atom. The van der Waals surface area contributed by atoms with E-state index in [1.165, 1.54) is 25.3 Å². The average molecular weight is 451 g/mol. The van der Waals surface area contributed by atoms with Crippen LogP contribution >= 0.6 is 12.0 Å². The first-order chi connectivity index (χ1) is 14.4. The molecule has 12 heteroatoms. The zero-order valence-corrected chi connectivity index (χ0v) is 17.4. The molecule has 0 radical (unpaired) electrons. The molecule has 0 atom stereocenters. The molecule has 3 rings (SSSR count). The Morgan fingerprint density at radius 1 is 1.07 bits per heavy atom. The van der Waals surface area contributed by atoms with Gasteiger partial charge in [-0.25, -0.2) is 4.89 Å². The number of hydrogen-bond donors (Lipinski definition) is 2. The van der Waals surface area contributed by atoms with Crippen LogP contribution in [-0.2, 0) is 28.6 Å². The minimum absolute atomic E-state index is 0.0161. The molecule has 0 aliphatic rings. The van der Waals surface area contributed by atoms with Crippen LogP contribution in [0.3, 0.4) is 0 Å². The van der Waals surface area contributed by atoms with E-state index in [9.17, 15) is 13.5 Å². The molecular weight excluding hydrogens is 434 g/mol. The molecule has 3 aromatic rings. The fraction of sp³-hybridized carbons (Fsp3) is 0.111. The van der Waals surface area contributed by atoms with Crippen LogP contribution in [0.25, 0.3) is 10.8 Å². The molecule has 0 aliphatic heterocycles. The highest BCUT2D eigenvalue weighted by Gasteiger charge is 2.21. The van der Waals surface area contributed by atoms with E-state index in [4.69, 9.17) is 10.1 Å². The van der Waals surface area contributed by atoms with Gasteiger partial charge in [0.2, 0.25) is 0 Å². The maximum Gasteiger partial charge on any atom is 0.296 e. The minimum Gasteiger partial charge on any atom is -0.505 e. The number of nitrogen functional groups attached to an aromatic ring is 1. The van der Waals surface area contributed by atoms with Crippen LogP contribution in [0.1, 0.15) is 0 Å². The van der Waals surface area contributed by atoms with Gasteiger partial charge >= 0.3 is 0 Å². The Bertz CT molecular complexity index is 1190. The molecular formula is C18H17N3O7S2. The van der Waals surface area contributed by atoms with Crippen molar-refractivity contribution in [3.63, 3.8) is 0 Å². The second-order valence-corrected chi connectivity index (χ2v) is 8.18. The Morgan fingerprint density at radius 3 is 2.47 bits per heavy atom. The van der Waals surface area contributed by atoms with Gasteiger partial charge in [-0.2, -0.15) is 13.5 Å². The Hall–Kier alpha value is -2.74. The summed E-state index contributed by atoms with van der Waals surface area (Å²) in [5, 5.41) is 24.0. The summed E-state index contributed by atoms with van der Waals surface area (Å²) in [6.07, 6.45) is 0. The lowest BCUT2D eigenvalue weighted by Crippen LogP contribution is -2.04. The summed E-state index contributed by atoms with van der Waals surface area (Å²) in [6.45, 7) is 0. The highest BCUT2D eigenvalue weighted by Crippen LogP contribution is 2.46. The highest BCUT2D eigenvalue weighted by atomic mass is 32.2. The number of benzene rings is 3. The minimum atomic E-state index is -4.00. The molecule has 0 unspecified atom stereocenters. The van der Waals surface area contributed by atoms with Gasteiger partial charge in [0.05, 0.1) is 41.7 Å². The van der Waals surface area contributed by atoms with Gasteiger partial charge in [0.1, 0.15) is 5.69 Å². The molecule has 0 saturated carbocycles. The zero-order valence-electron chi connectivity index (χ0n) is 15.8. The maximum absolute atomic E-state index is 12.1. The van der Waals surface area contributed by atoms with E-state index in [0.717, 1.165) is 7.11 Å². The lowest BCUT2D eigenvalue weighted by Gasteiger charge is -2.12. The SMILES string of the molecule is COOOSc1cc2cc(S(=O)(=O)OC)cc(N)c2c(O)c1N=Nc1ccccc1. The fourth-order valence-electron chi connectivity index (χ4n) is 2.57. The van der Waals surface area contributed by atoms with Crippen molar-refractivity contribution in [3.8, 4) is 5.75 Å². The molecule has 0 spiro atoms. The first-order valence-corrected chi connectivity index (χ1v) is 10.4. The number of azo groups is 1. The molecule has 0 aromatic heterocycles. The van der Waals surface area contributed by atoms with Gasteiger partial charge in [-0.1, -0.05) is 23.2 Å². The topological polar surface area (TPSA) is 142 Å². The van der Waals surface area contributed by atoms with Crippen molar-refractivity contribution < 1.29 is 32.0 Å². The third-order valence-electron chi connectivity index (χ3n) is 3.90. The van der Waals surface area contributed by atoms with Crippen LogP contribution in [0.15, 0.2) is 68.6 Å². The lowest BCUT2D eigenvalue weighted by atomic mass is 10.1. The van der Waals surface area contributed by atoms with Gasteiger partial charge in [0, 0.05) is 11.1 Å². The van der Waals surface area contributed by atoms with E-state index >= 15 is 0 Å². The van der Waals surface area contributed by atoms with Crippen molar-refractivity contribution in [1.29, 1.82) is 0 Å². The van der Waals surface area contributed by atoms with E-state index in [1.54, 1.807) is 24.3 Å². The molecule has 0 amide bonds. The van der Waals surface area contributed by atoms with Gasteiger partial charge in [0.15, 0.2) is 5.75 Å². The van der Waals surface area contributed by atoms with Crippen LogP contribution in [-0.4, -0.2) is 27.7 Å². The molecule has 3 aromatic carbocycles. The van der Waals surface area contributed by atoms with Crippen molar-refractivity contribution in [3.05, 3.63) is 48.5 Å². The van der Waals surface area contributed by atoms with Crippen molar-refractivity contribution in [2.75, 3.05) is 20.0 Å². The van der Waals surface area contributed by atoms with Gasteiger partial charge < -0.3 is 10.8 Å². The maximum atomic E-state index is 12.1. The predicted octanol–water partition coefficient (Wildman–Crippen LogP) is 4.39. The zero-order chi connectivity index (χ0) is 21.7. The third-order valence-corrected chi connectivity index (χ3v) is 5.77. The fourth-order valence-corrected chi connectivity index (χ4v) is 3.86. The molecule has 0 fully saturated rings. The monoisotopic (exact) mass is 451 g/mol. The van der Waals surface area contributed by atoms with Crippen molar-refractivity contribution in [1.82, 2.24) is 0 Å². The summed E-state index contributed by atoms with van der Waals surface area (Å²) in [5.74, 6) is -0.311. The Labute approximate surface area is 176 Å². The van der Waals surface area contributed by atoms with E-state index in [-0.39, 0.29) is 32.3 Å². The third kappa shape index (κ3) is 4.70. The summed E-state index contributed by atoms with van der Waals surface area (Å²) < 4.78 is 33.5. The number of anilines is 1. The molecule has 0 saturated heterocycles. The van der Waals surface area contributed by atoms with Gasteiger partial charge in [0.25, 0.3) is 10.1 Å². The van der Waals surface area contributed by atoms with Gasteiger partial charge in [-0.3, -0.25) is 4.18 Å². The largest absolute Gasteiger partial charge is 0.505 e. The van der Waals surface area contributed by atoms with Crippen LogP contribution < -0.4 is 5.73 Å². The summed E-state index contributed by atoms with van der Waals surface area (Å²) in [7, 11) is -1.72. The Balaban J connectivity index is 2.19. The number of hydrogen-bond acceptors (Lipinski definition) is 11. The normalized spacial score (nSPS) is 12.1. The summed E-state index contributed by atoms with van der Waals surface area (Å²) in [4.78, 5) is 4.47.